The molecule has 0 aromatic rings. The van der Waals surface area contributed by atoms with Crippen molar-refractivity contribution in [3.8, 4) is 0 Å². The lowest BCUT2D eigenvalue weighted by Gasteiger charge is -2.24. The quantitative estimate of drug-likeness (QED) is 0.0674. The van der Waals surface area contributed by atoms with E-state index in [1.165, 1.54) is 0 Å². The van der Waals surface area contributed by atoms with Gasteiger partial charge in [0.25, 0.3) is 0 Å². The van der Waals surface area contributed by atoms with Gasteiger partial charge in [0.05, 0.1) is 6.04 Å². The van der Waals surface area contributed by atoms with Gasteiger partial charge in [-0.3, -0.25) is 24.0 Å². The molecule has 34 heavy (non-hydrogen) atoms. The van der Waals surface area contributed by atoms with Gasteiger partial charge >= 0.3 is 11.9 Å². The summed E-state index contributed by atoms with van der Waals surface area (Å²) in [4.78, 5) is 70.8. The molecule has 4 unspecified atom stereocenters. The van der Waals surface area contributed by atoms with Crippen LogP contribution in [0.2, 0.25) is 0 Å². The van der Waals surface area contributed by atoms with Crippen LogP contribution in [-0.2, 0) is 28.8 Å². The molecule has 0 spiro atoms. The number of rotatable bonds is 18. The van der Waals surface area contributed by atoms with Crippen LogP contribution in [0.4, 0.5) is 0 Å². The van der Waals surface area contributed by atoms with Crippen molar-refractivity contribution in [2.45, 2.75) is 69.1 Å². The van der Waals surface area contributed by atoms with E-state index in [2.05, 4.69) is 28.6 Å². The number of carbonyl (C=O) groups excluding carboxylic acids is 4. The molecule has 0 rings (SSSR count). The van der Waals surface area contributed by atoms with Crippen LogP contribution in [-0.4, -0.2) is 82.2 Å². The van der Waals surface area contributed by atoms with Crippen molar-refractivity contribution in [3.05, 3.63) is 0 Å². The average Bonchev–Trinajstić information content (AvgIpc) is 2.76. The van der Waals surface area contributed by atoms with E-state index < -0.39 is 66.2 Å². The Bertz CT molecular complexity index is 738. The lowest BCUT2D eigenvalue weighted by molar-refractivity contribution is -0.143. The molecule has 0 aliphatic carbocycles. The van der Waals surface area contributed by atoms with Gasteiger partial charge in [-0.15, -0.1) is 0 Å². The zero-order valence-electron chi connectivity index (χ0n) is 18.7. The summed E-state index contributed by atoms with van der Waals surface area (Å²) >= 11 is 4.02. The molecule has 11 N–H and O–H groups in total. The van der Waals surface area contributed by atoms with E-state index in [0.717, 1.165) is 0 Å². The van der Waals surface area contributed by atoms with Gasteiger partial charge in [0, 0.05) is 18.6 Å². The van der Waals surface area contributed by atoms with Crippen LogP contribution >= 0.6 is 12.6 Å². The molecule has 0 fully saturated rings. The van der Waals surface area contributed by atoms with Crippen LogP contribution in [0.25, 0.3) is 0 Å². The molecule has 0 aliphatic rings. The third-order valence-corrected chi connectivity index (χ3v) is 5.06. The van der Waals surface area contributed by atoms with Gasteiger partial charge in [-0.25, -0.2) is 4.79 Å². The first-order valence-electron chi connectivity index (χ1n) is 10.6. The number of thiol groups is 1. The number of hydrogen-bond donors (Lipinski definition) is 9. The number of amides is 4. The number of carbonyl (C=O) groups is 6. The molecule has 0 heterocycles. The number of aliphatic carboxylic acids is 2. The summed E-state index contributed by atoms with van der Waals surface area (Å²) in [6.07, 6.45) is 0.142. The Hall–Kier alpha value is -2.91. The minimum Gasteiger partial charge on any atom is -0.481 e. The summed E-state index contributed by atoms with van der Waals surface area (Å²) in [5.41, 5.74) is 16.2. The molecule has 0 aromatic carbocycles. The van der Waals surface area contributed by atoms with Crippen LogP contribution in [0.3, 0.4) is 0 Å². The largest absolute Gasteiger partial charge is 0.481 e. The molecule has 4 amide bonds. The number of nitrogens with one attached hydrogen (secondary N) is 3. The minimum atomic E-state index is -1.49. The molecule has 15 heteroatoms. The molecule has 0 aromatic heterocycles. The van der Waals surface area contributed by atoms with Gasteiger partial charge in [0.2, 0.25) is 23.6 Å². The van der Waals surface area contributed by atoms with Crippen molar-refractivity contribution >= 4 is 48.2 Å². The van der Waals surface area contributed by atoms with Crippen LogP contribution in [0.15, 0.2) is 0 Å². The number of unbranched alkanes of at least 4 members (excludes halogenated alkanes) is 1. The van der Waals surface area contributed by atoms with E-state index in [-0.39, 0.29) is 25.0 Å². The number of carboxylic acid groups (broad SMARTS) is 2. The predicted octanol–water partition coefficient (Wildman–Crippen LogP) is -2.96. The molecule has 0 saturated heterocycles. The van der Waals surface area contributed by atoms with E-state index in [4.69, 9.17) is 22.3 Å². The maximum atomic E-state index is 12.6. The zero-order chi connectivity index (χ0) is 26.3. The second-order valence-corrected chi connectivity index (χ2v) is 7.90. The summed E-state index contributed by atoms with van der Waals surface area (Å²) < 4.78 is 0. The van der Waals surface area contributed by atoms with E-state index in [1.807, 2.05) is 0 Å². The molecule has 0 saturated carbocycles. The van der Waals surface area contributed by atoms with Crippen molar-refractivity contribution in [2.24, 2.45) is 17.2 Å². The zero-order valence-corrected chi connectivity index (χ0v) is 19.6. The summed E-state index contributed by atoms with van der Waals surface area (Å²) in [5, 5.41) is 25.1. The van der Waals surface area contributed by atoms with Crippen molar-refractivity contribution in [1.29, 1.82) is 0 Å². The third-order valence-electron chi connectivity index (χ3n) is 4.70. The summed E-state index contributed by atoms with van der Waals surface area (Å²) in [6, 6.07) is -5.01. The molecule has 4 atom stereocenters. The summed E-state index contributed by atoms with van der Waals surface area (Å²) in [7, 11) is 0. The van der Waals surface area contributed by atoms with Gasteiger partial charge < -0.3 is 43.4 Å². The average molecular weight is 507 g/mol. The van der Waals surface area contributed by atoms with E-state index in [9.17, 15) is 33.9 Å². The summed E-state index contributed by atoms with van der Waals surface area (Å²) in [5.74, 6) is -6.06. The lowest BCUT2D eigenvalue weighted by Crippen LogP contribution is -2.57. The molecular weight excluding hydrogens is 472 g/mol. The van der Waals surface area contributed by atoms with E-state index in [0.29, 0.717) is 25.8 Å². The monoisotopic (exact) mass is 506 g/mol. The first kappa shape index (κ1) is 31.1. The Morgan fingerprint density at radius 2 is 1.29 bits per heavy atom. The van der Waals surface area contributed by atoms with Gasteiger partial charge in [-0.1, -0.05) is 6.42 Å². The van der Waals surface area contributed by atoms with Crippen LogP contribution in [0, 0.1) is 0 Å². The molecule has 0 radical (unpaired) electrons. The Morgan fingerprint density at radius 1 is 0.765 bits per heavy atom. The van der Waals surface area contributed by atoms with Crippen molar-refractivity contribution in [1.82, 2.24) is 16.0 Å². The highest BCUT2D eigenvalue weighted by molar-refractivity contribution is 7.80. The van der Waals surface area contributed by atoms with Crippen LogP contribution < -0.4 is 33.2 Å². The number of primary amides is 1. The molecular formula is C19H34N6O8S. The minimum absolute atomic E-state index is 0.156. The van der Waals surface area contributed by atoms with Gasteiger partial charge in [0.1, 0.15) is 18.1 Å². The van der Waals surface area contributed by atoms with Gasteiger partial charge in [0.15, 0.2) is 0 Å². The van der Waals surface area contributed by atoms with Crippen LogP contribution in [0.1, 0.15) is 44.9 Å². The topological polar surface area (TPSA) is 257 Å². The van der Waals surface area contributed by atoms with Gasteiger partial charge in [-0.05, 0) is 32.2 Å². The number of hydrogen-bond acceptors (Lipinski definition) is 9. The second-order valence-electron chi connectivity index (χ2n) is 7.53. The third kappa shape index (κ3) is 13.0. The maximum absolute atomic E-state index is 12.6. The maximum Gasteiger partial charge on any atom is 0.326 e. The Balaban J connectivity index is 5.27. The standard InChI is InChI=1S/C19H34N6O8S/c20-8-2-1-3-10(21)16(29)25-13(9-34)18(31)23-11(5-7-15(27)28)17(30)24-12(19(32)33)4-6-14(22)26/h10-13,34H,1-9,20-21H2,(H2,22,26)(H,23,31)(H,24,30)(H,25,29)(H,27,28)(H,32,33). The molecule has 14 nitrogen and oxygen atoms in total. The first-order chi connectivity index (χ1) is 15.9. The normalized spacial score (nSPS) is 14.2. The van der Waals surface area contributed by atoms with Crippen molar-refractivity contribution in [2.75, 3.05) is 12.3 Å². The first-order valence-corrected chi connectivity index (χ1v) is 11.3. The highest BCUT2D eigenvalue weighted by Crippen LogP contribution is 2.05. The summed E-state index contributed by atoms with van der Waals surface area (Å²) in [6.45, 7) is 0.446. The molecule has 0 bridgehead atoms. The van der Waals surface area contributed by atoms with E-state index in [1.54, 1.807) is 0 Å². The van der Waals surface area contributed by atoms with Crippen LogP contribution in [0.5, 0.6) is 0 Å². The second kappa shape index (κ2) is 16.7. The lowest BCUT2D eigenvalue weighted by atomic mass is 10.1. The molecule has 194 valence electrons. The SMILES string of the molecule is NCCCCC(N)C(=O)NC(CS)C(=O)NC(CCC(=O)O)C(=O)NC(CCC(N)=O)C(=O)O. The highest BCUT2D eigenvalue weighted by atomic mass is 32.1. The predicted molar refractivity (Wildman–Crippen MR) is 123 cm³/mol. The fourth-order valence-corrected chi connectivity index (χ4v) is 2.99. The van der Waals surface area contributed by atoms with E-state index >= 15 is 0 Å². The number of carboxylic acids is 2. The Morgan fingerprint density at radius 3 is 1.79 bits per heavy atom. The number of nitrogens with two attached hydrogens (primary N) is 3. The Labute approximate surface area is 202 Å². The fourth-order valence-electron chi connectivity index (χ4n) is 2.74. The van der Waals surface area contributed by atoms with Gasteiger partial charge in [-0.2, -0.15) is 12.6 Å². The smallest absolute Gasteiger partial charge is 0.326 e. The highest BCUT2D eigenvalue weighted by Gasteiger charge is 2.30. The Kier molecular flexibility index (Phi) is 15.2. The molecule has 0 aliphatic heterocycles. The fraction of sp³-hybridized carbons (Fsp3) is 0.684. The van der Waals surface area contributed by atoms with Crippen molar-refractivity contribution < 1.29 is 39.0 Å². The van der Waals surface area contributed by atoms with Crippen molar-refractivity contribution in [3.63, 3.8) is 0 Å².